The Bertz CT molecular complexity index is 1150. The maximum Gasteiger partial charge on any atom is 0.350 e. The lowest BCUT2D eigenvalue weighted by atomic mass is 9.92. The molecule has 1 heterocycles. The van der Waals surface area contributed by atoms with Gasteiger partial charge in [0.25, 0.3) is 0 Å². The zero-order valence-corrected chi connectivity index (χ0v) is 24.8. The van der Waals surface area contributed by atoms with Crippen molar-refractivity contribution in [2.45, 2.75) is 106 Å². The van der Waals surface area contributed by atoms with E-state index in [1.807, 2.05) is 60.4 Å². The zero-order valence-electron chi connectivity index (χ0n) is 24.8. The second kappa shape index (κ2) is 14.2. The van der Waals surface area contributed by atoms with Crippen molar-refractivity contribution < 1.29 is 14.3 Å². The topological polar surface area (TPSA) is 62.5 Å². The molecule has 1 aromatic heterocycles. The Balaban J connectivity index is 2.01. The SMILES string of the molecule is C/C=C(\C=C/CC(C)(C)C)Cn1cc(CCCc2ccc(OC(C)(CC)C(=O)OCC)cc2)n(CC)c1=O. The molecule has 6 heteroatoms. The van der Waals surface area contributed by atoms with Crippen LogP contribution in [0.5, 0.6) is 5.75 Å². The number of hydrogen-bond donors (Lipinski definition) is 0. The van der Waals surface area contributed by atoms with Crippen molar-refractivity contribution in [2.24, 2.45) is 5.41 Å². The Morgan fingerprint density at radius 1 is 1.03 bits per heavy atom. The number of carbonyl (C=O) groups excluding carboxylic acids is 1. The third-order valence-corrected chi connectivity index (χ3v) is 6.78. The lowest BCUT2D eigenvalue weighted by Crippen LogP contribution is -2.42. The number of esters is 1. The number of aromatic nitrogens is 2. The van der Waals surface area contributed by atoms with Crippen LogP contribution >= 0.6 is 0 Å². The molecule has 6 nitrogen and oxygen atoms in total. The minimum atomic E-state index is -0.996. The van der Waals surface area contributed by atoms with E-state index < -0.39 is 5.60 Å². The predicted octanol–water partition coefficient (Wildman–Crippen LogP) is 6.89. The first-order valence-corrected chi connectivity index (χ1v) is 14.0. The summed E-state index contributed by atoms with van der Waals surface area (Å²) in [6, 6.07) is 7.90. The number of imidazole rings is 1. The van der Waals surface area contributed by atoms with Gasteiger partial charge in [-0.15, -0.1) is 0 Å². The Morgan fingerprint density at radius 2 is 1.71 bits per heavy atom. The van der Waals surface area contributed by atoms with E-state index in [-0.39, 0.29) is 17.1 Å². The molecule has 38 heavy (non-hydrogen) atoms. The van der Waals surface area contributed by atoms with Gasteiger partial charge in [0, 0.05) is 18.4 Å². The van der Waals surface area contributed by atoms with Gasteiger partial charge in [-0.3, -0.25) is 9.13 Å². The minimum absolute atomic E-state index is 0.0492. The molecule has 210 valence electrons. The molecular weight excluding hydrogens is 476 g/mol. The van der Waals surface area contributed by atoms with E-state index >= 15 is 0 Å². The van der Waals surface area contributed by atoms with Crippen molar-refractivity contribution in [1.29, 1.82) is 0 Å². The monoisotopic (exact) mass is 524 g/mol. The van der Waals surface area contributed by atoms with Crippen LogP contribution in [0.2, 0.25) is 0 Å². The molecule has 0 aliphatic heterocycles. The number of aryl methyl sites for hydroxylation is 2. The highest BCUT2D eigenvalue weighted by Gasteiger charge is 2.35. The van der Waals surface area contributed by atoms with Crippen LogP contribution in [0.25, 0.3) is 0 Å². The molecule has 0 spiro atoms. The maximum absolute atomic E-state index is 13.0. The number of rotatable bonds is 14. The first-order valence-electron chi connectivity index (χ1n) is 14.0. The van der Waals surface area contributed by atoms with Crippen LogP contribution in [0.4, 0.5) is 0 Å². The molecule has 1 aromatic carbocycles. The molecule has 0 fully saturated rings. The van der Waals surface area contributed by atoms with Gasteiger partial charge < -0.3 is 9.47 Å². The van der Waals surface area contributed by atoms with E-state index in [4.69, 9.17) is 9.47 Å². The van der Waals surface area contributed by atoms with Gasteiger partial charge in [0.15, 0.2) is 0 Å². The smallest absolute Gasteiger partial charge is 0.350 e. The van der Waals surface area contributed by atoms with E-state index in [9.17, 15) is 9.59 Å². The molecule has 2 aromatic rings. The normalized spacial score (nSPS) is 14.1. The predicted molar refractivity (Wildman–Crippen MR) is 156 cm³/mol. The maximum atomic E-state index is 13.0. The third-order valence-electron chi connectivity index (χ3n) is 6.78. The van der Waals surface area contributed by atoms with Crippen molar-refractivity contribution in [3.8, 4) is 5.75 Å². The Hall–Kier alpha value is -3.02. The Labute approximate surface area is 229 Å². The molecule has 0 saturated heterocycles. The van der Waals surface area contributed by atoms with E-state index in [0.717, 1.165) is 37.0 Å². The highest BCUT2D eigenvalue weighted by Crippen LogP contribution is 2.24. The molecule has 0 saturated carbocycles. The summed E-state index contributed by atoms with van der Waals surface area (Å²) in [6.45, 7) is 17.8. The molecule has 2 rings (SSSR count). The van der Waals surface area contributed by atoms with Crippen LogP contribution in [0.15, 0.2) is 59.1 Å². The van der Waals surface area contributed by atoms with Gasteiger partial charge in [0.05, 0.1) is 13.2 Å². The largest absolute Gasteiger partial charge is 0.476 e. The van der Waals surface area contributed by atoms with Gasteiger partial charge in [-0.2, -0.15) is 0 Å². The van der Waals surface area contributed by atoms with Crippen molar-refractivity contribution in [1.82, 2.24) is 9.13 Å². The third kappa shape index (κ3) is 9.07. The first-order chi connectivity index (χ1) is 18.0. The van der Waals surface area contributed by atoms with Crippen LogP contribution in [0.3, 0.4) is 0 Å². The van der Waals surface area contributed by atoms with Crippen molar-refractivity contribution in [3.63, 3.8) is 0 Å². The molecular formula is C32H48N2O4. The Kier molecular flexibility index (Phi) is 11.7. The highest BCUT2D eigenvalue weighted by atomic mass is 16.6. The molecule has 1 unspecified atom stereocenters. The van der Waals surface area contributed by atoms with Crippen molar-refractivity contribution in [2.75, 3.05) is 6.61 Å². The van der Waals surface area contributed by atoms with Crippen molar-refractivity contribution >= 4 is 5.97 Å². The molecule has 0 N–H and O–H groups in total. The Morgan fingerprint density at radius 3 is 2.26 bits per heavy atom. The summed E-state index contributed by atoms with van der Waals surface area (Å²) in [5, 5.41) is 0. The lowest BCUT2D eigenvalue weighted by Gasteiger charge is -2.27. The van der Waals surface area contributed by atoms with Gasteiger partial charge in [0.2, 0.25) is 5.60 Å². The minimum Gasteiger partial charge on any atom is -0.476 e. The van der Waals surface area contributed by atoms with Crippen LogP contribution in [-0.4, -0.2) is 27.3 Å². The summed E-state index contributed by atoms with van der Waals surface area (Å²) in [6.07, 6.45) is 12.6. The quantitative estimate of drug-likeness (QED) is 0.199. The average molecular weight is 525 g/mol. The summed E-state index contributed by atoms with van der Waals surface area (Å²) in [5.74, 6) is 0.308. The van der Waals surface area contributed by atoms with E-state index in [1.165, 1.54) is 5.56 Å². The summed E-state index contributed by atoms with van der Waals surface area (Å²) < 4.78 is 14.9. The summed E-state index contributed by atoms with van der Waals surface area (Å²) in [4.78, 5) is 25.3. The van der Waals surface area contributed by atoms with Crippen LogP contribution in [-0.2, 0) is 35.5 Å². The fourth-order valence-corrected chi connectivity index (χ4v) is 4.23. The average Bonchev–Trinajstić information content (AvgIpc) is 3.17. The first kappa shape index (κ1) is 31.2. The fraction of sp³-hybridized carbons (Fsp3) is 0.562. The highest BCUT2D eigenvalue weighted by molar-refractivity contribution is 5.79. The number of hydrogen-bond acceptors (Lipinski definition) is 4. The summed E-state index contributed by atoms with van der Waals surface area (Å²) in [5.41, 5.74) is 2.70. The molecule has 0 amide bonds. The summed E-state index contributed by atoms with van der Waals surface area (Å²) in [7, 11) is 0. The van der Waals surface area contributed by atoms with Gasteiger partial charge in [-0.25, -0.2) is 9.59 Å². The van der Waals surface area contributed by atoms with E-state index in [0.29, 0.717) is 31.9 Å². The van der Waals surface area contributed by atoms with E-state index in [1.54, 1.807) is 13.8 Å². The second-order valence-corrected chi connectivity index (χ2v) is 11.2. The van der Waals surface area contributed by atoms with Crippen LogP contribution in [0, 0.1) is 5.41 Å². The van der Waals surface area contributed by atoms with Crippen molar-refractivity contribution in [3.05, 3.63) is 76.0 Å². The van der Waals surface area contributed by atoms with Gasteiger partial charge in [-0.1, -0.05) is 58.1 Å². The molecule has 0 bridgehead atoms. The number of ether oxygens (including phenoxy) is 2. The van der Waals surface area contributed by atoms with Gasteiger partial charge >= 0.3 is 11.7 Å². The van der Waals surface area contributed by atoms with Gasteiger partial charge in [0.1, 0.15) is 5.75 Å². The second-order valence-electron chi connectivity index (χ2n) is 11.2. The van der Waals surface area contributed by atoms with Crippen LogP contribution < -0.4 is 10.4 Å². The lowest BCUT2D eigenvalue weighted by molar-refractivity contribution is -0.160. The zero-order chi connectivity index (χ0) is 28.3. The number of allylic oxidation sites excluding steroid dienone is 4. The summed E-state index contributed by atoms with van der Waals surface area (Å²) >= 11 is 0. The standard InChI is InChI=1S/C32H48N2O4/c1-9-25(16-14-22-31(5,6)7)23-33-24-27(34(11-3)30(33)36)17-13-15-26-18-20-28(21-19-26)38-32(8,10-2)29(35)37-12-4/h9,14,16,18-21,24H,10-13,15,17,22-23H2,1-8H3/b16-14-,25-9+. The molecule has 1 atom stereocenters. The van der Waals surface area contributed by atoms with E-state index in [2.05, 4.69) is 39.0 Å². The molecule has 0 aliphatic carbocycles. The molecule has 0 aliphatic rings. The fourth-order valence-electron chi connectivity index (χ4n) is 4.23. The molecule has 0 radical (unpaired) electrons. The van der Waals surface area contributed by atoms with Crippen LogP contribution in [0.1, 0.15) is 85.9 Å². The number of nitrogens with zero attached hydrogens (tertiary/aromatic N) is 2. The number of carbonyl (C=O) groups is 1. The number of benzene rings is 1. The van der Waals surface area contributed by atoms with Gasteiger partial charge in [-0.05, 0) is 88.5 Å².